The van der Waals surface area contributed by atoms with E-state index < -0.39 is 0 Å². The fourth-order valence-electron chi connectivity index (χ4n) is 5.55. The summed E-state index contributed by atoms with van der Waals surface area (Å²) in [5.41, 5.74) is 11.3. The first-order chi connectivity index (χ1) is 16.6. The van der Waals surface area contributed by atoms with Crippen LogP contribution < -0.4 is 20.9 Å². The molecule has 3 N–H and O–H groups in total. The Kier molecular flexibility index (Phi) is 6.66. The number of aromatic nitrogens is 1. The van der Waals surface area contributed by atoms with Crippen molar-refractivity contribution in [3.8, 4) is 6.07 Å². The van der Waals surface area contributed by atoms with Gasteiger partial charge >= 0.3 is 0 Å². The fourth-order valence-corrected chi connectivity index (χ4v) is 5.55. The van der Waals surface area contributed by atoms with Gasteiger partial charge in [0.25, 0.3) is 0 Å². The van der Waals surface area contributed by atoms with Gasteiger partial charge in [0.15, 0.2) is 0 Å². The first-order valence-corrected chi connectivity index (χ1v) is 12.5. The molecule has 0 bridgehead atoms. The van der Waals surface area contributed by atoms with Gasteiger partial charge in [0.05, 0.1) is 11.1 Å². The topological polar surface area (TPSA) is 81.2 Å². The van der Waals surface area contributed by atoms with E-state index >= 15 is 0 Å². The number of fused-ring (bicyclic) bond motifs is 1. The molecule has 0 aliphatic carbocycles. The Labute approximate surface area is 202 Å². The van der Waals surface area contributed by atoms with Gasteiger partial charge in [0.2, 0.25) is 0 Å². The van der Waals surface area contributed by atoms with Gasteiger partial charge in [0, 0.05) is 67.8 Å². The summed E-state index contributed by atoms with van der Waals surface area (Å²) in [4.78, 5) is 9.35. The lowest BCUT2D eigenvalue weighted by atomic mass is 9.94. The molecule has 2 aromatic carbocycles. The summed E-state index contributed by atoms with van der Waals surface area (Å²) < 4.78 is 0. The highest BCUT2D eigenvalue weighted by molar-refractivity contribution is 5.95. The third-order valence-corrected chi connectivity index (χ3v) is 7.22. The standard InChI is InChI=1S/C28H34N6/c1-20-14-24(32-16-21-6-9-25(10-7-21)33-13-3-4-23(30)18-33)19-34(17-20)27-11-8-22(15-29)28-26(27)5-2-12-31-28/h2,5-12,20,23-24,32H,3-4,13-14,16-19,30H2,1H3. The molecule has 6 heteroatoms. The molecule has 0 spiro atoms. The first kappa shape index (κ1) is 22.6. The molecule has 1 aromatic heterocycles. The van der Waals surface area contributed by atoms with Gasteiger partial charge in [-0.3, -0.25) is 4.98 Å². The van der Waals surface area contributed by atoms with Crippen LogP contribution in [0.25, 0.3) is 10.9 Å². The van der Waals surface area contributed by atoms with E-state index in [-0.39, 0.29) is 6.04 Å². The lowest BCUT2D eigenvalue weighted by molar-refractivity contribution is 0.350. The van der Waals surface area contributed by atoms with Crippen molar-refractivity contribution < 1.29 is 0 Å². The molecule has 2 fully saturated rings. The molecule has 3 aromatic rings. The lowest BCUT2D eigenvalue weighted by Gasteiger charge is -2.39. The quantitative estimate of drug-likeness (QED) is 0.606. The number of pyridine rings is 1. The van der Waals surface area contributed by atoms with Crippen LogP contribution in [0.5, 0.6) is 0 Å². The SMILES string of the molecule is CC1CC(NCc2ccc(N3CCCC(N)C3)cc2)CN(c2ccc(C#N)c3ncccc23)C1. The molecule has 2 aliphatic rings. The number of nitrogens with one attached hydrogen (secondary N) is 1. The number of nitriles is 1. The molecule has 6 nitrogen and oxygen atoms in total. The van der Waals surface area contributed by atoms with Crippen LogP contribution in [0.3, 0.4) is 0 Å². The summed E-state index contributed by atoms with van der Waals surface area (Å²) in [6.07, 6.45) is 5.23. The summed E-state index contributed by atoms with van der Waals surface area (Å²) in [5.74, 6) is 0.583. The molecule has 2 aliphatic heterocycles. The van der Waals surface area contributed by atoms with Gasteiger partial charge in [-0.15, -0.1) is 0 Å². The van der Waals surface area contributed by atoms with E-state index in [2.05, 4.69) is 69.5 Å². The van der Waals surface area contributed by atoms with Crippen molar-refractivity contribution >= 4 is 22.3 Å². The monoisotopic (exact) mass is 454 g/mol. The van der Waals surface area contributed by atoms with Crippen LogP contribution >= 0.6 is 0 Å². The van der Waals surface area contributed by atoms with Crippen LogP contribution in [0, 0.1) is 17.2 Å². The molecule has 34 heavy (non-hydrogen) atoms. The Morgan fingerprint density at radius 3 is 2.74 bits per heavy atom. The Morgan fingerprint density at radius 1 is 1.09 bits per heavy atom. The van der Waals surface area contributed by atoms with E-state index in [1.807, 2.05) is 12.1 Å². The minimum Gasteiger partial charge on any atom is -0.370 e. The maximum atomic E-state index is 9.48. The first-order valence-electron chi connectivity index (χ1n) is 12.5. The highest BCUT2D eigenvalue weighted by atomic mass is 15.2. The highest BCUT2D eigenvalue weighted by Gasteiger charge is 2.26. The predicted octanol–water partition coefficient (Wildman–Crippen LogP) is 4.04. The highest BCUT2D eigenvalue weighted by Crippen LogP contribution is 2.31. The number of hydrogen-bond acceptors (Lipinski definition) is 6. The van der Waals surface area contributed by atoms with Crippen molar-refractivity contribution in [2.75, 3.05) is 36.0 Å². The molecule has 2 saturated heterocycles. The second-order valence-electron chi connectivity index (χ2n) is 9.98. The average Bonchev–Trinajstić information content (AvgIpc) is 2.87. The molecule has 0 saturated carbocycles. The van der Waals surface area contributed by atoms with Gasteiger partial charge in [0.1, 0.15) is 6.07 Å². The van der Waals surface area contributed by atoms with Crippen LogP contribution in [-0.4, -0.2) is 43.2 Å². The number of benzene rings is 2. The summed E-state index contributed by atoms with van der Waals surface area (Å²) in [5, 5.41) is 14.3. The zero-order valence-electron chi connectivity index (χ0n) is 20.0. The van der Waals surface area contributed by atoms with Crippen molar-refractivity contribution in [2.45, 2.75) is 44.8 Å². The van der Waals surface area contributed by atoms with E-state index in [1.54, 1.807) is 6.20 Å². The van der Waals surface area contributed by atoms with Gasteiger partial charge < -0.3 is 20.9 Å². The van der Waals surface area contributed by atoms with E-state index in [1.165, 1.54) is 23.4 Å². The molecule has 176 valence electrons. The van der Waals surface area contributed by atoms with Crippen LogP contribution in [0.2, 0.25) is 0 Å². The molecule has 0 radical (unpaired) electrons. The summed E-state index contributed by atoms with van der Waals surface area (Å²) >= 11 is 0. The van der Waals surface area contributed by atoms with Gasteiger partial charge in [-0.1, -0.05) is 19.1 Å². The molecule has 0 amide bonds. The number of piperidine rings is 2. The van der Waals surface area contributed by atoms with Crippen molar-refractivity contribution in [1.82, 2.24) is 10.3 Å². The van der Waals surface area contributed by atoms with E-state index in [0.29, 0.717) is 17.5 Å². The molecular weight excluding hydrogens is 420 g/mol. The van der Waals surface area contributed by atoms with E-state index in [0.717, 1.165) is 56.5 Å². The predicted molar refractivity (Wildman–Crippen MR) is 139 cm³/mol. The zero-order valence-corrected chi connectivity index (χ0v) is 20.0. The van der Waals surface area contributed by atoms with Crippen molar-refractivity contribution in [3.05, 3.63) is 65.9 Å². The third kappa shape index (κ3) is 4.86. The number of nitrogens with zero attached hydrogens (tertiary/aromatic N) is 4. The molecule has 3 atom stereocenters. The smallest absolute Gasteiger partial charge is 0.101 e. The van der Waals surface area contributed by atoms with Crippen molar-refractivity contribution in [1.29, 1.82) is 5.26 Å². The van der Waals surface area contributed by atoms with Gasteiger partial charge in [-0.25, -0.2) is 0 Å². The Balaban J connectivity index is 1.25. The maximum absolute atomic E-state index is 9.48. The Hall–Kier alpha value is -3.14. The summed E-state index contributed by atoms with van der Waals surface area (Å²) in [7, 11) is 0. The van der Waals surface area contributed by atoms with Gasteiger partial charge in [-0.05, 0) is 67.1 Å². The molecule has 5 rings (SSSR count). The maximum Gasteiger partial charge on any atom is 0.101 e. The zero-order chi connectivity index (χ0) is 23.5. The van der Waals surface area contributed by atoms with Crippen LogP contribution in [-0.2, 0) is 6.54 Å². The second kappa shape index (κ2) is 10.0. The number of rotatable bonds is 5. The number of nitrogens with two attached hydrogens (primary N) is 1. The summed E-state index contributed by atoms with van der Waals surface area (Å²) in [6, 6.07) is 20.0. The Bertz CT molecular complexity index is 1170. The largest absolute Gasteiger partial charge is 0.370 e. The third-order valence-electron chi connectivity index (χ3n) is 7.22. The van der Waals surface area contributed by atoms with E-state index in [4.69, 9.17) is 5.73 Å². The van der Waals surface area contributed by atoms with Gasteiger partial charge in [-0.2, -0.15) is 5.26 Å². The summed E-state index contributed by atoms with van der Waals surface area (Å²) in [6.45, 7) is 7.20. The minimum atomic E-state index is 0.287. The van der Waals surface area contributed by atoms with Crippen LogP contribution in [0.4, 0.5) is 11.4 Å². The van der Waals surface area contributed by atoms with Crippen molar-refractivity contribution in [2.24, 2.45) is 11.7 Å². The number of anilines is 2. The Morgan fingerprint density at radius 2 is 1.94 bits per heavy atom. The fraction of sp³-hybridized carbons (Fsp3) is 0.429. The van der Waals surface area contributed by atoms with Crippen molar-refractivity contribution in [3.63, 3.8) is 0 Å². The van der Waals surface area contributed by atoms with Crippen LogP contribution in [0.1, 0.15) is 37.3 Å². The number of hydrogen-bond donors (Lipinski definition) is 2. The minimum absolute atomic E-state index is 0.287. The van der Waals surface area contributed by atoms with E-state index in [9.17, 15) is 5.26 Å². The molecule has 3 heterocycles. The second-order valence-corrected chi connectivity index (χ2v) is 9.98. The lowest BCUT2D eigenvalue weighted by Crippen LogP contribution is -2.48. The molecular formula is C28H34N6. The van der Waals surface area contributed by atoms with Crippen LogP contribution in [0.15, 0.2) is 54.7 Å². The average molecular weight is 455 g/mol. The normalized spacial score (nSPS) is 23.1. The molecule has 3 unspecified atom stereocenters.